The van der Waals surface area contributed by atoms with Gasteiger partial charge in [-0.2, -0.15) is 0 Å². The normalized spacial score (nSPS) is 12.3. The lowest BCUT2D eigenvalue weighted by atomic mass is 9.96. The van der Waals surface area contributed by atoms with E-state index in [4.69, 9.17) is 0 Å². The van der Waals surface area contributed by atoms with E-state index in [1.165, 1.54) is 16.3 Å². The fourth-order valence-corrected chi connectivity index (χ4v) is 3.35. The lowest BCUT2D eigenvalue weighted by molar-refractivity contribution is -0.122. The van der Waals surface area contributed by atoms with Gasteiger partial charge in [0.2, 0.25) is 5.91 Å². The highest BCUT2D eigenvalue weighted by Crippen LogP contribution is 2.20. The molecule has 1 unspecified atom stereocenters. The minimum Gasteiger partial charge on any atom is -0.351 e. The summed E-state index contributed by atoms with van der Waals surface area (Å²) >= 11 is 0. The molecule has 0 aliphatic heterocycles. The predicted molar refractivity (Wildman–Crippen MR) is 109 cm³/mol. The first kappa shape index (κ1) is 18.2. The lowest BCUT2D eigenvalue weighted by Gasteiger charge is -2.14. The first-order valence-corrected chi connectivity index (χ1v) is 9.38. The third-order valence-electron chi connectivity index (χ3n) is 4.85. The van der Waals surface area contributed by atoms with E-state index >= 15 is 0 Å². The van der Waals surface area contributed by atoms with Crippen LogP contribution >= 0.6 is 0 Å². The molecule has 3 aromatic carbocycles. The Labute approximate surface area is 156 Å². The van der Waals surface area contributed by atoms with Gasteiger partial charge in [0.25, 0.3) is 0 Å². The number of hydrogen-bond acceptors (Lipinski definition) is 1. The third kappa shape index (κ3) is 4.32. The average molecular weight is 345 g/mol. The Bertz CT molecular complexity index is 875. The van der Waals surface area contributed by atoms with Gasteiger partial charge in [-0.3, -0.25) is 4.79 Å². The Balaban J connectivity index is 1.65. The minimum absolute atomic E-state index is 0.0644. The van der Waals surface area contributed by atoms with Crippen LogP contribution in [0.2, 0.25) is 0 Å². The van der Waals surface area contributed by atoms with E-state index in [0.29, 0.717) is 12.5 Å². The van der Waals surface area contributed by atoms with Crippen molar-refractivity contribution in [3.05, 3.63) is 83.4 Å². The van der Waals surface area contributed by atoms with Gasteiger partial charge >= 0.3 is 0 Å². The second kappa shape index (κ2) is 8.18. The van der Waals surface area contributed by atoms with Crippen molar-refractivity contribution < 1.29 is 4.79 Å². The summed E-state index contributed by atoms with van der Waals surface area (Å²) in [5.41, 5.74) is 3.54. The van der Waals surface area contributed by atoms with E-state index in [2.05, 4.69) is 67.7 Å². The molecule has 0 aromatic heterocycles. The molecule has 0 spiro atoms. The van der Waals surface area contributed by atoms with Crippen molar-refractivity contribution in [3.63, 3.8) is 0 Å². The highest BCUT2D eigenvalue weighted by Gasteiger charge is 2.15. The van der Waals surface area contributed by atoms with Crippen molar-refractivity contribution in [2.24, 2.45) is 5.92 Å². The van der Waals surface area contributed by atoms with Crippen molar-refractivity contribution in [1.82, 2.24) is 5.32 Å². The number of hydrogen-bond donors (Lipinski definition) is 1. The molecule has 0 saturated heterocycles. The summed E-state index contributed by atoms with van der Waals surface area (Å²) in [7, 11) is 0. The maximum absolute atomic E-state index is 12.6. The van der Waals surface area contributed by atoms with Gasteiger partial charge in [-0.1, -0.05) is 80.6 Å². The molecule has 0 bridgehead atoms. The minimum atomic E-state index is -0.155. The molecule has 2 nitrogen and oxygen atoms in total. The Hall–Kier alpha value is -2.61. The van der Waals surface area contributed by atoms with E-state index in [0.717, 1.165) is 17.5 Å². The molecule has 1 amide bonds. The summed E-state index contributed by atoms with van der Waals surface area (Å²) in [4.78, 5) is 12.6. The first-order chi connectivity index (χ1) is 12.5. The predicted octanol–water partition coefficient (Wildman–Crippen LogP) is 5.46. The van der Waals surface area contributed by atoms with E-state index < -0.39 is 0 Å². The molecule has 0 aliphatic carbocycles. The van der Waals surface area contributed by atoms with Crippen molar-refractivity contribution in [2.45, 2.75) is 39.7 Å². The molecular formula is C24H27NO. The Morgan fingerprint density at radius 3 is 2.31 bits per heavy atom. The molecule has 0 saturated carbocycles. The van der Waals surface area contributed by atoms with Crippen LogP contribution in [0.3, 0.4) is 0 Å². The monoisotopic (exact) mass is 345 g/mol. The molecule has 2 heteroatoms. The molecule has 26 heavy (non-hydrogen) atoms. The zero-order valence-corrected chi connectivity index (χ0v) is 15.8. The fraction of sp³-hybridized carbons (Fsp3) is 0.292. The Morgan fingerprint density at radius 2 is 1.58 bits per heavy atom. The van der Waals surface area contributed by atoms with Crippen LogP contribution in [-0.2, 0) is 17.8 Å². The second-order valence-electron chi connectivity index (χ2n) is 7.42. The van der Waals surface area contributed by atoms with Gasteiger partial charge in [-0.05, 0) is 46.7 Å². The maximum atomic E-state index is 12.6. The molecular weight excluding hydrogens is 318 g/mol. The van der Waals surface area contributed by atoms with Crippen LogP contribution in [0.25, 0.3) is 10.8 Å². The highest BCUT2D eigenvalue weighted by molar-refractivity contribution is 5.87. The standard InChI is InChI=1S/C24H27NO/c1-17(2)15-19-11-13-20(14-12-19)18(3)24(26)25-16-22-9-6-8-21-7-4-5-10-23(21)22/h4-14,17-18H,15-16H2,1-3H3,(H,25,26). The second-order valence-corrected chi connectivity index (χ2v) is 7.42. The summed E-state index contributed by atoms with van der Waals surface area (Å²) in [6, 6.07) is 22.9. The average Bonchev–Trinajstić information content (AvgIpc) is 2.65. The first-order valence-electron chi connectivity index (χ1n) is 9.38. The largest absolute Gasteiger partial charge is 0.351 e. The molecule has 0 fully saturated rings. The van der Waals surface area contributed by atoms with E-state index in [-0.39, 0.29) is 11.8 Å². The summed E-state index contributed by atoms with van der Waals surface area (Å²) in [6.45, 7) is 6.96. The summed E-state index contributed by atoms with van der Waals surface area (Å²) < 4.78 is 0. The van der Waals surface area contributed by atoms with Gasteiger partial charge in [0.15, 0.2) is 0 Å². The SMILES string of the molecule is CC(C)Cc1ccc(C(C)C(=O)NCc2cccc3ccccc23)cc1. The zero-order chi connectivity index (χ0) is 18.5. The van der Waals surface area contributed by atoms with Gasteiger partial charge in [0.05, 0.1) is 5.92 Å². The lowest BCUT2D eigenvalue weighted by Crippen LogP contribution is -2.27. The molecule has 1 N–H and O–H groups in total. The van der Waals surface area contributed by atoms with Crippen molar-refractivity contribution >= 4 is 16.7 Å². The number of amides is 1. The van der Waals surface area contributed by atoms with Crippen LogP contribution in [0, 0.1) is 5.92 Å². The molecule has 0 aliphatic rings. The summed E-state index contributed by atoms with van der Waals surface area (Å²) in [6.07, 6.45) is 1.07. The van der Waals surface area contributed by atoms with Crippen LogP contribution in [-0.4, -0.2) is 5.91 Å². The smallest absolute Gasteiger partial charge is 0.227 e. The third-order valence-corrected chi connectivity index (χ3v) is 4.85. The number of carbonyl (C=O) groups is 1. The van der Waals surface area contributed by atoms with E-state index in [9.17, 15) is 4.79 Å². The zero-order valence-electron chi connectivity index (χ0n) is 15.8. The molecule has 0 heterocycles. The van der Waals surface area contributed by atoms with Gasteiger partial charge in [0, 0.05) is 6.54 Å². The van der Waals surface area contributed by atoms with Crippen LogP contribution in [0.15, 0.2) is 66.7 Å². The topological polar surface area (TPSA) is 29.1 Å². The Kier molecular flexibility index (Phi) is 5.72. The number of fused-ring (bicyclic) bond motifs is 1. The number of benzene rings is 3. The van der Waals surface area contributed by atoms with Gasteiger partial charge in [0.1, 0.15) is 0 Å². The van der Waals surface area contributed by atoms with Gasteiger partial charge in [-0.25, -0.2) is 0 Å². The Morgan fingerprint density at radius 1 is 0.885 bits per heavy atom. The van der Waals surface area contributed by atoms with Crippen LogP contribution in [0.5, 0.6) is 0 Å². The molecule has 0 radical (unpaired) electrons. The summed E-state index contributed by atoms with van der Waals surface area (Å²) in [5.74, 6) is 0.551. The number of carbonyl (C=O) groups excluding carboxylic acids is 1. The van der Waals surface area contributed by atoms with E-state index in [1.807, 2.05) is 25.1 Å². The van der Waals surface area contributed by atoms with E-state index in [1.54, 1.807) is 0 Å². The molecule has 1 atom stereocenters. The summed E-state index contributed by atoms with van der Waals surface area (Å²) in [5, 5.41) is 5.49. The number of nitrogens with one attached hydrogen (secondary N) is 1. The van der Waals surface area contributed by atoms with Crippen molar-refractivity contribution in [2.75, 3.05) is 0 Å². The molecule has 3 rings (SSSR count). The number of rotatable bonds is 6. The van der Waals surface area contributed by atoms with Gasteiger partial charge in [-0.15, -0.1) is 0 Å². The maximum Gasteiger partial charge on any atom is 0.227 e. The van der Waals surface area contributed by atoms with Crippen LogP contribution in [0.1, 0.15) is 43.4 Å². The van der Waals surface area contributed by atoms with Crippen molar-refractivity contribution in [3.8, 4) is 0 Å². The van der Waals surface area contributed by atoms with Crippen LogP contribution < -0.4 is 5.32 Å². The molecule has 134 valence electrons. The quantitative estimate of drug-likeness (QED) is 0.631. The van der Waals surface area contributed by atoms with Gasteiger partial charge < -0.3 is 5.32 Å². The van der Waals surface area contributed by atoms with Crippen LogP contribution in [0.4, 0.5) is 0 Å². The fourth-order valence-electron chi connectivity index (χ4n) is 3.35. The van der Waals surface area contributed by atoms with Crippen molar-refractivity contribution in [1.29, 1.82) is 0 Å². The highest BCUT2D eigenvalue weighted by atomic mass is 16.1. The molecule has 3 aromatic rings.